The van der Waals surface area contributed by atoms with Crippen molar-refractivity contribution in [3.8, 4) is 0 Å². The van der Waals surface area contributed by atoms with Gasteiger partial charge >= 0.3 is 17.9 Å². The molecular weight excluding hydrogens is 680 g/mol. The summed E-state index contributed by atoms with van der Waals surface area (Å²) in [4.78, 5) is 30.6. The summed E-state index contributed by atoms with van der Waals surface area (Å²) in [7, 11) is 0. The van der Waals surface area contributed by atoms with Gasteiger partial charge in [0.15, 0.2) is 0 Å². The SMILES string of the molecule is IC1CCC1I.NC(CSC1CCC1SCC(N)C(=O)O)C(=O)O.NC(S)C(=O)O. The standard InChI is InChI=1S/C10H18N2O4S2.C4H6I2.C2H5NO2S/c11-5(9(13)14)3-17-7-1-2-8(7)18-4-6(12)10(15)16;5-3-1-2-4(3)6;3-1(6)2(4)5/h5-8H,1-4,11-12H2,(H,13,14)(H,15,16);3-4H,1-2H2;1,6H,3H2,(H,4,5). The predicted octanol–water partition coefficient (Wildman–Crippen LogP) is 1.48. The van der Waals surface area contributed by atoms with Gasteiger partial charge in [-0.3, -0.25) is 9.59 Å². The number of carboxylic acids is 3. The summed E-state index contributed by atoms with van der Waals surface area (Å²) in [6.45, 7) is 0. The molecule has 2 aliphatic carbocycles. The summed E-state index contributed by atoms with van der Waals surface area (Å²) in [5.74, 6) is -2.29. The second kappa shape index (κ2) is 16.4. The van der Waals surface area contributed by atoms with Gasteiger partial charge in [-0.1, -0.05) is 45.2 Å². The van der Waals surface area contributed by atoms with E-state index >= 15 is 0 Å². The number of thiol groups is 1. The van der Waals surface area contributed by atoms with Gasteiger partial charge in [-0.15, -0.1) is 12.6 Å². The molecule has 30 heavy (non-hydrogen) atoms. The second-order valence-electron chi connectivity index (χ2n) is 6.60. The first-order valence-corrected chi connectivity index (χ1v) is 14.1. The van der Waals surface area contributed by atoms with Crippen molar-refractivity contribution in [2.24, 2.45) is 17.2 Å². The zero-order valence-corrected chi connectivity index (χ0v) is 22.9. The molecule has 0 spiro atoms. The molecule has 14 heteroatoms. The highest BCUT2D eigenvalue weighted by Gasteiger charge is 2.33. The Morgan fingerprint density at radius 2 is 1.10 bits per heavy atom. The van der Waals surface area contributed by atoms with Crippen LogP contribution in [0, 0.1) is 0 Å². The van der Waals surface area contributed by atoms with Crippen molar-refractivity contribution in [2.75, 3.05) is 11.5 Å². The molecule has 176 valence electrons. The van der Waals surface area contributed by atoms with Crippen molar-refractivity contribution in [3.63, 3.8) is 0 Å². The number of hydrogen-bond acceptors (Lipinski definition) is 9. The largest absolute Gasteiger partial charge is 0.480 e. The number of carboxylic acid groups (broad SMARTS) is 3. The van der Waals surface area contributed by atoms with Gasteiger partial charge in [-0.25, -0.2) is 4.79 Å². The number of halogens is 2. The lowest BCUT2D eigenvalue weighted by molar-refractivity contribution is -0.138. The first-order chi connectivity index (χ1) is 13.9. The molecular formula is C16H29I2N3O6S3. The molecule has 0 aliphatic heterocycles. The highest BCUT2D eigenvalue weighted by molar-refractivity contribution is 14.1. The van der Waals surface area contributed by atoms with Gasteiger partial charge in [0.05, 0.1) is 0 Å². The van der Waals surface area contributed by atoms with Crippen LogP contribution in [0.25, 0.3) is 0 Å². The molecule has 0 amide bonds. The molecule has 0 radical (unpaired) electrons. The summed E-state index contributed by atoms with van der Waals surface area (Å²) < 4.78 is 1.98. The fourth-order valence-electron chi connectivity index (χ4n) is 1.84. The van der Waals surface area contributed by atoms with Crippen molar-refractivity contribution in [2.45, 2.75) is 61.5 Å². The van der Waals surface area contributed by atoms with E-state index in [9.17, 15) is 14.4 Å². The third-order valence-corrected chi connectivity index (χ3v) is 12.0. The van der Waals surface area contributed by atoms with Crippen molar-refractivity contribution in [1.29, 1.82) is 0 Å². The van der Waals surface area contributed by atoms with Gasteiger partial charge in [0.25, 0.3) is 0 Å². The normalized spacial score (nSPS) is 27.4. The van der Waals surface area contributed by atoms with Gasteiger partial charge in [-0.2, -0.15) is 23.5 Å². The Morgan fingerprint density at radius 3 is 1.23 bits per heavy atom. The topological polar surface area (TPSA) is 190 Å². The third kappa shape index (κ3) is 13.4. The molecule has 0 heterocycles. The maximum atomic E-state index is 10.6. The van der Waals surface area contributed by atoms with Gasteiger partial charge in [-0.05, 0) is 25.7 Å². The Morgan fingerprint density at radius 1 is 0.800 bits per heavy atom. The van der Waals surface area contributed by atoms with E-state index in [0.717, 1.165) is 20.7 Å². The molecule has 7 atom stereocenters. The van der Waals surface area contributed by atoms with E-state index in [2.05, 4.69) is 57.8 Å². The molecule has 2 saturated carbocycles. The zero-order chi connectivity index (χ0) is 23.4. The number of aliphatic carboxylic acids is 3. The van der Waals surface area contributed by atoms with Gasteiger partial charge in [0.2, 0.25) is 0 Å². The van der Waals surface area contributed by atoms with Crippen LogP contribution >= 0.6 is 81.3 Å². The minimum atomic E-state index is -1.10. The highest BCUT2D eigenvalue weighted by Crippen LogP contribution is 2.40. The number of rotatable bonds is 9. The fraction of sp³-hybridized carbons (Fsp3) is 0.812. The molecule has 7 unspecified atom stereocenters. The van der Waals surface area contributed by atoms with Crippen LogP contribution in [0.5, 0.6) is 0 Å². The molecule has 0 saturated heterocycles. The minimum Gasteiger partial charge on any atom is -0.480 e. The second-order valence-corrected chi connectivity index (χ2v) is 12.9. The molecule has 0 aromatic rings. The van der Waals surface area contributed by atoms with Crippen LogP contribution in [0.3, 0.4) is 0 Å². The average molecular weight is 709 g/mol. The number of carbonyl (C=O) groups is 3. The van der Waals surface area contributed by atoms with Crippen LogP contribution in [-0.4, -0.2) is 80.5 Å². The van der Waals surface area contributed by atoms with Crippen molar-refractivity contribution < 1.29 is 29.7 Å². The summed E-state index contributed by atoms with van der Waals surface area (Å²) >= 11 is 11.5. The van der Waals surface area contributed by atoms with Gasteiger partial charge in [0, 0.05) is 29.9 Å². The Bertz CT molecular complexity index is 526. The molecule has 9 nitrogen and oxygen atoms in total. The quantitative estimate of drug-likeness (QED) is 0.0795. The summed E-state index contributed by atoms with van der Waals surface area (Å²) in [6, 6.07) is -1.66. The van der Waals surface area contributed by atoms with Crippen LogP contribution in [0.2, 0.25) is 0 Å². The molecule has 0 bridgehead atoms. The lowest BCUT2D eigenvalue weighted by Crippen LogP contribution is -2.39. The molecule has 2 aliphatic rings. The predicted molar refractivity (Wildman–Crippen MR) is 142 cm³/mol. The number of hydrogen-bond donors (Lipinski definition) is 7. The van der Waals surface area contributed by atoms with Crippen molar-refractivity contribution >= 4 is 99.2 Å². The van der Waals surface area contributed by atoms with E-state index < -0.39 is 35.4 Å². The van der Waals surface area contributed by atoms with E-state index in [4.69, 9.17) is 32.5 Å². The van der Waals surface area contributed by atoms with Crippen LogP contribution < -0.4 is 17.2 Å². The van der Waals surface area contributed by atoms with Crippen LogP contribution in [0.4, 0.5) is 0 Å². The molecule has 2 rings (SSSR count). The average Bonchev–Trinajstić information content (AvgIpc) is 2.66. The van der Waals surface area contributed by atoms with E-state index in [0.29, 0.717) is 22.0 Å². The summed E-state index contributed by atoms with van der Waals surface area (Å²) in [5.41, 5.74) is 15.6. The third-order valence-electron chi connectivity index (χ3n) is 4.13. The summed E-state index contributed by atoms with van der Waals surface area (Å²) in [5, 5.41) is 24.8. The van der Waals surface area contributed by atoms with Crippen LogP contribution in [-0.2, 0) is 14.4 Å². The number of nitrogens with two attached hydrogens (primary N) is 3. The maximum Gasteiger partial charge on any atom is 0.330 e. The monoisotopic (exact) mass is 709 g/mol. The smallest absolute Gasteiger partial charge is 0.330 e. The Balaban J connectivity index is 0.000000568. The number of alkyl halides is 2. The molecule has 9 N–H and O–H groups in total. The van der Waals surface area contributed by atoms with Crippen LogP contribution in [0.1, 0.15) is 25.7 Å². The molecule has 0 aromatic heterocycles. The molecule has 2 fully saturated rings. The maximum absolute atomic E-state index is 10.6. The summed E-state index contributed by atoms with van der Waals surface area (Å²) in [6.07, 6.45) is 4.95. The van der Waals surface area contributed by atoms with Crippen molar-refractivity contribution in [3.05, 3.63) is 0 Å². The fourth-order valence-corrected chi connectivity index (χ4v) is 6.25. The van der Waals surface area contributed by atoms with Crippen LogP contribution in [0.15, 0.2) is 0 Å². The van der Waals surface area contributed by atoms with Gasteiger partial charge in [0.1, 0.15) is 17.5 Å². The highest BCUT2D eigenvalue weighted by atomic mass is 127. The Kier molecular flexibility index (Phi) is 16.9. The minimum absolute atomic E-state index is 0.362. The zero-order valence-electron chi connectivity index (χ0n) is 16.1. The number of thioether (sulfide) groups is 2. The van der Waals surface area contributed by atoms with E-state index in [-0.39, 0.29) is 0 Å². The van der Waals surface area contributed by atoms with E-state index in [1.807, 2.05) is 0 Å². The Hall–Kier alpha value is 0.800. The lowest BCUT2D eigenvalue weighted by Gasteiger charge is -2.36. The first-order valence-electron chi connectivity index (χ1n) is 9.01. The van der Waals surface area contributed by atoms with Crippen molar-refractivity contribution in [1.82, 2.24) is 0 Å². The van der Waals surface area contributed by atoms with E-state index in [1.54, 1.807) is 23.5 Å². The first kappa shape index (κ1) is 30.8. The van der Waals surface area contributed by atoms with Gasteiger partial charge < -0.3 is 32.5 Å². The lowest BCUT2D eigenvalue weighted by atomic mass is 9.99. The Labute approximate surface area is 217 Å². The van der Waals surface area contributed by atoms with E-state index in [1.165, 1.54) is 12.8 Å². The molecule has 0 aromatic carbocycles.